The average molecular weight is 346 g/mol. The monoisotopic (exact) mass is 345 g/mol. The lowest BCUT2D eigenvalue weighted by Crippen LogP contribution is -2.06. The first kappa shape index (κ1) is 13.6. The molecule has 1 aromatic carbocycles. The van der Waals surface area contributed by atoms with E-state index in [2.05, 4.69) is 41.7 Å². The second-order valence-electron chi connectivity index (χ2n) is 4.20. The van der Waals surface area contributed by atoms with Crippen LogP contribution in [0.2, 0.25) is 0 Å². The zero-order valence-electron chi connectivity index (χ0n) is 11.0. The average Bonchev–Trinajstić information content (AvgIpc) is 3.01. The summed E-state index contributed by atoms with van der Waals surface area (Å²) in [7, 11) is 0. The van der Waals surface area contributed by atoms with Gasteiger partial charge in [0.1, 0.15) is 5.76 Å². The molecule has 0 saturated heterocycles. The number of halogens is 1. The highest BCUT2D eigenvalue weighted by molar-refractivity contribution is 9.10. The summed E-state index contributed by atoms with van der Waals surface area (Å²) < 4.78 is 6.19. The Morgan fingerprint density at radius 2 is 2.05 bits per heavy atom. The summed E-state index contributed by atoms with van der Waals surface area (Å²) in [6.45, 7) is 0.507. The molecule has 0 amide bonds. The summed E-state index contributed by atoms with van der Waals surface area (Å²) >= 11 is 3.47. The zero-order chi connectivity index (χ0) is 14.5. The molecule has 0 unspecified atom stereocenters. The van der Waals surface area contributed by atoms with Gasteiger partial charge in [0, 0.05) is 4.47 Å². The van der Waals surface area contributed by atoms with E-state index in [0.717, 1.165) is 15.9 Å². The number of hydrogen-bond acceptors (Lipinski definition) is 6. The first-order valence-corrected chi connectivity index (χ1v) is 7.08. The van der Waals surface area contributed by atoms with Crippen LogP contribution in [0.5, 0.6) is 0 Å². The van der Waals surface area contributed by atoms with E-state index >= 15 is 0 Å². The molecule has 0 atom stereocenters. The van der Waals surface area contributed by atoms with Gasteiger partial charge in [0.2, 0.25) is 5.95 Å². The maximum absolute atomic E-state index is 5.24. The van der Waals surface area contributed by atoms with Crippen LogP contribution in [0.1, 0.15) is 5.76 Å². The molecule has 106 valence electrons. The van der Waals surface area contributed by atoms with Crippen LogP contribution >= 0.6 is 15.9 Å². The smallest absolute Gasteiger partial charge is 0.245 e. The van der Waals surface area contributed by atoms with E-state index < -0.39 is 0 Å². The van der Waals surface area contributed by atoms with Crippen LogP contribution < -0.4 is 10.6 Å². The van der Waals surface area contributed by atoms with Gasteiger partial charge in [-0.3, -0.25) is 0 Å². The molecule has 2 N–H and O–H groups in total. The minimum atomic E-state index is 0.434. The fraction of sp³-hybridized carbons (Fsp3) is 0.0714. The second kappa shape index (κ2) is 6.36. The Morgan fingerprint density at radius 1 is 1.14 bits per heavy atom. The number of nitrogens with zero attached hydrogens (tertiary/aromatic N) is 3. The van der Waals surface area contributed by atoms with Gasteiger partial charge in [0.25, 0.3) is 0 Å². The molecule has 3 aromatic rings. The van der Waals surface area contributed by atoms with Gasteiger partial charge >= 0.3 is 0 Å². The molecule has 0 aliphatic carbocycles. The highest BCUT2D eigenvalue weighted by Gasteiger charge is 2.04. The number of benzene rings is 1. The second-order valence-corrected chi connectivity index (χ2v) is 5.06. The summed E-state index contributed by atoms with van der Waals surface area (Å²) in [6, 6.07) is 11.5. The fourth-order valence-electron chi connectivity index (χ4n) is 1.72. The Hall–Kier alpha value is -2.41. The highest BCUT2D eigenvalue weighted by Crippen LogP contribution is 2.24. The fourth-order valence-corrected chi connectivity index (χ4v) is 2.10. The number of hydrogen-bond donors (Lipinski definition) is 2. The number of aromatic nitrogens is 3. The predicted octanol–water partition coefficient (Wildman–Crippen LogP) is 3.58. The molecular weight excluding hydrogens is 334 g/mol. The molecule has 2 heterocycles. The molecule has 21 heavy (non-hydrogen) atoms. The van der Waals surface area contributed by atoms with Crippen molar-refractivity contribution in [1.82, 2.24) is 15.2 Å². The molecule has 0 radical (unpaired) electrons. The number of nitrogens with one attached hydrogen (secondary N) is 2. The van der Waals surface area contributed by atoms with Gasteiger partial charge in [-0.2, -0.15) is 10.1 Å². The van der Waals surface area contributed by atoms with Crippen LogP contribution in [-0.4, -0.2) is 15.2 Å². The summed E-state index contributed by atoms with van der Waals surface area (Å²) in [5, 5.41) is 14.1. The van der Waals surface area contributed by atoms with E-state index in [1.807, 2.05) is 36.4 Å². The summed E-state index contributed by atoms with van der Waals surface area (Å²) in [4.78, 5) is 4.35. The van der Waals surface area contributed by atoms with Crippen molar-refractivity contribution in [3.8, 4) is 0 Å². The maximum atomic E-state index is 5.24. The standard InChI is InChI=1S/C14H12BrN5O/c15-11-5-1-2-6-12(11)18-13-9-17-20-14(19-13)16-8-10-4-3-7-21-10/h1-7,9H,8H2,(H2,16,18,19,20). The Kier molecular flexibility index (Phi) is 4.11. The van der Waals surface area contributed by atoms with Gasteiger partial charge in [0.05, 0.1) is 24.7 Å². The third kappa shape index (κ3) is 3.57. The Bertz CT molecular complexity index is 717. The molecule has 3 rings (SSSR count). The molecule has 0 spiro atoms. The molecule has 0 saturated carbocycles. The van der Waals surface area contributed by atoms with E-state index in [9.17, 15) is 0 Å². The highest BCUT2D eigenvalue weighted by atomic mass is 79.9. The molecular formula is C14H12BrN5O. The summed E-state index contributed by atoms with van der Waals surface area (Å²) in [6.07, 6.45) is 3.19. The molecule has 0 aliphatic rings. The Balaban J connectivity index is 1.70. The number of para-hydroxylation sites is 1. The SMILES string of the molecule is Brc1ccccc1Nc1cnnc(NCc2ccco2)n1. The quantitative estimate of drug-likeness (QED) is 0.735. The molecule has 2 aromatic heterocycles. The lowest BCUT2D eigenvalue weighted by molar-refractivity contribution is 0.517. The van der Waals surface area contributed by atoms with Crippen molar-refractivity contribution in [2.75, 3.05) is 10.6 Å². The van der Waals surface area contributed by atoms with Crippen molar-refractivity contribution in [1.29, 1.82) is 0 Å². The predicted molar refractivity (Wildman–Crippen MR) is 83.3 cm³/mol. The van der Waals surface area contributed by atoms with Crippen LogP contribution in [0.3, 0.4) is 0 Å². The largest absolute Gasteiger partial charge is 0.467 e. The van der Waals surface area contributed by atoms with Gasteiger partial charge in [-0.25, -0.2) is 0 Å². The first-order chi connectivity index (χ1) is 10.3. The van der Waals surface area contributed by atoms with Crippen LogP contribution in [0.4, 0.5) is 17.5 Å². The van der Waals surface area contributed by atoms with Crippen LogP contribution in [0, 0.1) is 0 Å². The van der Waals surface area contributed by atoms with E-state index in [1.54, 1.807) is 12.5 Å². The Morgan fingerprint density at radius 3 is 2.86 bits per heavy atom. The van der Waals surface area contributed by atoms with Gasteiger partial charge in [-0.05, 0) is 40.2 Å². The molecule has 6 nitrogen and oxygen atoms in total. The third-order valence-corrected chi connectivity index (χ3v) is 3.39. The van der Waals surface area contributed by atoms with Gasteiger partial charge in [0.15, 0.2) is 5.82 Å². The minimum absolute atomic E-state index is 0.434. The van der Waals surface area contributed by atoms with Crippen LogP contribution in [-0.2, 0) is 6.54 Å². The van der Waals surface area contributed by atoms with E-state index in [4.69, 9.17) is 4.42 Å². The van der Waals surface area contributed by atoms with E-state index in [1.165, 1.54) is 0 Å². The molecule has 0 bridgehead atoms. The van der Waals surface area contributed by atoms with E-state index in [0.29, 0.717) is 18.3 Å². The van der Waals surface area contributed by atoms with Gasteiger partial charge in [-0.15, -0.1) is 5.10 Å². The topological polar surface area (TPSA) is 75.9 Å². The lowest BCUT2D eigenvalue weighted by atomic mass is 10.3. The van der Waals surface area contributed by atoms with Crippen molar-refractivity contribution in [2.45, 2.75) is 6.54 Å². The van der Waals surface area contributed by atoms with Crippen LogP contribution in [0.15, 0.2) is 57.7 Å². The molecule has 0 aliphatic heterocycles. The number of rotatable bonds is 5. The first-order valence-electron chi connectivity index (χ1n) is 6.29. The number of anilines is 3. The summed E-state index contributed by atoms with van der Waals surface area (Å²) in [5.74, 6) is 1.85. The van der Waals surface area contributed by atoms with Crippen molar-refractivity contribution in [2.24, 2.45) is 0 Å². The normalized spacial score (nSPS) is 10.3. The zero-order valence-corrected chi connectivity index (χ0v) is 12.5. The van der Waals surface area contributed by atoms with Crippen molar-refractivity contribution >= 4 is 33.4 Å². The summed E-state index contributed by atoms with van der Waals surface area (Å²) in [5.41, 5.74) is 0.912. The third-order valence-electron chi connectivity index (χ3n) is 2.70. The minimum Gasteiger partial charge on any atom is -0.467 e. The lowest BCUT2D eigenvalue weighted by Gasteiger charge is -2.08. The van der Waals surface area contributed by atoms with Crippen LogP contribution in [0.25, 0.3) is 0 Å². The van der Waals surface area contributed by atoms with Gasteiger partial charge < -0.3 is 15.1 Å². The maximum Gasteiger partial charge on any atom is 0.245 e. The Labute approximate surface area is 129 Å². The number of furan rings is 1. The van der Waals surface area contributed by atoms with Crippen molar-refractivity contribution in [3.63, 3.8) is 0 Å². The van der Waals surface area contributed by atoms with Crippen molar-refractivity contribution < 1.29 is 4.42 Å². The van der Waals surface area contributed by atoms with Crippen molar-refractivity contribution in [3.05, 3.63) is 59.1 Å². The van der Waals surface area contributed by atoms with Gasteiger partial charge in [-0.1, -0.05) is 12.1 Å². The molecule has 7 heteroatoms. The molecule has 0 fully saturated rings. The van der Waals surface area contributed by atoms with E-state index in [-0.39, 0.29) is 0 Å².